The fraction of sp³-hybridized carbons (Fsp3) is 0.412. The number of carbonyl (C=O) groups excluding carboxylic acids is 3. The molecule has 1 aromatic heterocycles. The Morgan fingerprint density at radius 1 is 1.00 bits per heavy atom. The molecule has 224 valence electrons. The highest BCUT2D eigenvalue weighted by Gasteiger charge is 2.51. The Labute approximate surface area is 253 Å². The van der Waals surface area contributed by atoms with Crippen molar-refractivity contribution in [2.75, 3.05) is 43.4 Å². The molecule has 3 aromatic rings. The molecule has 9 heteroatoms. The van der Waals surface area contributed by atoms with Crippen molar-refractivity contribution in [3.8, 4) is 0 Å². The molecular formula is C34H40N6O3. The van der Waals surface area contributed by atoms with Crippen LogP contribution in [-0.2, 0) is 45.7 Å². The van der Waals surface area contributed by atoms with Crippen LogP contribution in [-0.4, -0.2) is 65.2 Å². The number of hydrogen-bond acceptors (Lipinski definition) is 6. The summed E-state index contributed by atoms with van der Waals surface area (Å²) in [6.45, 7) is 10.7. The van der Waals surface area contributed by atoms with Crippen LogP contribution in [0.15, 0.2) is 60.8 Å². The van der Waals surface area contributed by atoms with Crippen molar-refractivity contribution in [2.45, 2.75) is 52.1 Å². The summed E-state index contributed by atoms with van der Waals surface area (Å²) in [7, 11) is 0. The second-order valence-electron chi connectivity index (χ2n) is 13.0. The number of hydrogen-bond donors (Lipinski definition) is 3. The van der Waals surface area contributed by atoms with Crippen molar-refractivity contribution in [1.29, 1.82) is 0 Å². The third-order valence-corrected chi connectivity index (χ3v) is 8.81. The lowest BCUT2D eigenvalue weighted by Crippen LogP contribution is -2.44. The highest BCUT2D eigenvalue weighted by molar-refractivity contribution is 6.06. The molecule has 1 fully saturated rings. The molecule has 6 rings (SSSR count). The fourth-order valence-corrected chi connectivity index (χ4v) is 6.57. The summed E-state index contributed by atoms with van der Waals surface area (Å²) in [5, 5.41) is 9.36. The number of rotatable bonds is 7. The predicted octanol–water partition coefficient (Wildman–Crippen LogP) is 3.49. The van der Waals surface area contributed by atoms with Crippen LogP contribution in [0.3, 0.4) is 0 Å². The Kier molecular flexibility index (Phi) is 7.79. The van der Waals surface area contributed by atoms with Gasteiger partial charge in [0.25, 0.3) is 0 Å². The summed E-state index contributed by atoms with van der Waals surface area (Å²) < 4.78 is 0. The second kappa shape index (κ2) is 11.5. The van der Waals surface area contributed by atoms with Gasteiger partial charge in [-0.15, -0.1) is 0 Å². The summed E-state index contributed by atoms with van der Waals surface area (Å²) >= 11 is 0. The number of piperazine rings is 1. The molecule has 1 saturated heterocycles. The van der Waals surface area contributed by atoms with E-state index in [9.17, 15) is 14.4 Å². The minimum Gasteiger partial charge on any atom is -0.329 e. The summed E-state index contributed by atoms with van der Waals surface area (Å²) in [5.74, 6) is 0.275. The number of fused-ring (bicyclic) bond motifs is 3. The van der Waals surface area contributed by atoms with Gasteiger partial charge >= 0.3 is 0 Å². The zero-order valence-corrected chi connectivity index (χ0v) is 25.2. The van der Waals surface area contributed by atoms with Crippen molar-refractivity contribution in [1.82, 2.24) is 20.1 Å². The monoisotopic (exact) mass is 580 g/mol. The number of benzene rings is 2. The van der Waals surface area contributed by atoms with E-state index in [4.69, 9.17) is 0 Å². The van der Waals surface area contributed by atoms with E-state index < -0.39 is 10.8 Å². The first-order chi connectivity index (χ1) is 20.6. The number of carbonyl (C=O) groups is 3. The SMILES string of the molecule is CC(C)(C)C(=O)N(CC(=O)Nc1ccc2c(c1)CC1(C2)C(=O)Nc2ncccc21)Cc1ccccc1CN1CCNCC1. The molecule has 1 atom stereocenters. The summed E-state index contributed by atoms with van der Waals surface area (Å²) in [5.41, 5.74) is 4.65. The van der Waals surface area contributed by atoms with E-state index >= 15 is 0 Å². The first kappa shape index (κ1) is 29.0. The molecule has 1 unspecified atom stereocenters. The van der Waals surface area contributed by atoms with Crippen LogP contribution in [0.2, 0.25) is 0 Å². The van der Waals surface area contributed by atoms with E-state index in [-0.39, 0.29) is 24.3 Å². The van der Waals surface area contributed by atoms with Crippen molar-refractivity contribution >= 4 is 29.2 Å². The molecule has 3 N–H and O–H groups in total. The van der Waals surface area contributed by atoms with Crippen molar-refractivity contribution < 1.29 is 14.4 Å². The van der Waals surface area contributed by atoms with Crippen LogP contribution in [0, 0.1) is 5.41 Å². The van der Waals surface area contributed by atoms with E-state index in [1.165, 1.54) is 5.56 Å². The number of anilines is 2. The third-order valence-electron chi connectivity index (χ3n) is 8.81. The zero-order valence-electron chi connectivity index (χ0n) is 25.2. The maximum Gasteiger partial charge on any atom is 0.244 e. The average molecular weight is 581 g/mol. The van der Waals surface area contributed by atoms with Crippen LogP contribution in [0.5, 0.6) is 0 Å². The fourth-order valence-electron chi connectivity index (χ4n) is 6.57. The Morgan fingerprint density at radius 2 is 1.74 bits per heavy atom. The number of nitrogens with zero attached hydrogens (tertiary/aromatic N) is 3. The van der Waals surface area contributed by atoms with Crippen LogP contribution in [0.25, 0.3) is 0 Å². The standard InChI is InChI=1S/C34H40N6O3/c1-33(2,3)32(43)40(21-25-8-5-4-7-24(25)20-39-15-13-35-14-16-39)22-29(41)37-27-11-10-23-18-34(19-26(23)17-27)28-9-6-12-36-30(28)38-31(34)42/h4-12,17,35H,13-16,18-22H2,1-3H3,(H,37,41)(H,36,38,42). The Bertz CT molecular complexity index is 1560. The van der Waals surface area contributed by atoms with Gasteiger partial charge in [-0.3, -0.25) is 19.3 Å². The van der Waals surface area contributed by atoms with Gasteiger partial charge < -0.3 is 20.9 Å². The predicted molar refractivity (Wildman–Crippen MR) is 166 cm³/mol. The third kappa shape index (κ3) is 5.92. The lowest BCUT2D eigenvalue weighted by molar-refractivity contribution is -0.142. The van der Waals surface area contributed by atoms with Gasteiger partial charge in [0.05, 0.1) is 5.41 Å². The van der Waals surface area contributed by atoms with Crippen LogP contribution < -0.4 is 16.0 Å². The quantitative estimate of drug-likeness (QED) is 0.395. The largest absolute Gasteiger partial charge is 0.329 e. The van der Waals surface area contributed by atoms with E-state index in [1.54, 1.807) is 11.1 Å². The van der Waals surface area contributed by atoms with Crippen molar-refractivity contribution in [2.24, 2.45) is 5.41 Å². The molecule has 3 amide bonds. The minimum absolute atomic E-state index is 0.0310. The van der Waals surface area contributed by atoms with Crippen LogP contribution >= 0.6 is 0 Å². The molecule has 0 radical (unpaired) electrons. The molecule has 1 spiro atoms. The maximum absolute atomic E-state index is 13.6. The molecular weight excluding hydrogens is 540 g/mol. The lowest BCUT2D eigenvalue weighted by atomic mass is 9.79. The van der Waals surface area contributed by atoms with Crippen molar-refractivity contribution in [3.05, 3.63) is 88.6 Å². The molecule has 1 aliphatic carbocycles. The Hall–Kier alpha value is -4.08. The molecule has 9 nitrogen and oxygen atoms in total. The summed E-state index contributed by atoms with van der Waals surface area (Å²) in [6.07, 6.45) is 2.84. The number of nitrogens with one attached hydrogen (secondary N) is 3. The highest BCUT2D eigenvalue weighted by Crippen LogP contribution is 2.46. The van der Waals surface area contributed by atoms with Gasteiger partial charge in [-0.25, -0.2) is 4.98 Å². The summed E-state index contributed by atoms with van der Waals surface area (Å²) in [6, 6.07) is 17.9. The van der Waals surface area contributed by atoms with E-state index in [0.717, 1.165) is 55.0 Å². The zero-order chi connectivity index (χ0) is 30.2. The van der Waals surface area contributed by atoms with Gasteiger partial charge in [-0.1, -0.05) is 57.2 Å². The maximum atomic E-state index is 13.6. The first-order valence-electron chi connectivity index (χ1n) is 15.1. The molecule has 43 heavy (non-hydrogen) atoms. The van der Waals surface area contributed by atoms with E-state index in [1.807, 2.05) is 63.2 Å². The van der Waals surface area contributed by atoms with Gasteiger partial charge in [0.2, 0.25) is 17.7 Å². The van der Waals surface area contributed by atoms with E-state index in [2.05, 4.69) is 38.0 Å². The molecule has 0 bridgehead atoms. The number of amides is 3. The first-order valence-corrected chi connectivity index (χ1v) is 15.1. The smallest absolute Gasteiger partial charge is 0.244 e. The number of pyridine rings is 1. The van der Waals surface area contributed by atoms with Crippen LogP contribution in [0.1, 0.15) is 48.6 Å². The summed E-state index contributed by atoms with van der Waals surface area (Å²) in [4.78, 5) is 48.5. The average Bonchev–Trinajstić information content (AvgIpc) is 3.50. The molecule has 3 heterocycles. The number of aromatic nitrogens is 1. The van der Waals surface area contributed by atoms with Crippen LogP contribution in [0.4, 0.5) is 11.5 Å². The highest BCUT2D eigenvalue weighted by atomic mass is 16.2. The van der Waals surface area contributed by atoms with Gasteiger partial charge in [0, 0.05) is 62.1 Å². The second-order valence-corrected chi connectivity index (χ2v) is 13.0. The van der Waals surface area contributed by atoms with Gasteiger partial charge in [-0.2, -0.15) is 0 Å². The molecule has 0 saturated carbocycles. The Morgan fingerprint density at radius 3 is 2.51 bits per heavy atom. The topological polar surface area (TPSA) is 107 Å². The van der Waals surface area contributed by atoms with Gasteiger partial charge in [0.15, 0.2) is 0 Å². The normalized spacial score (nSPS) is 19.6. The molecule has 2 aromatic carbocycles. The van der Waals surface area contributed by atoms with Crippen molar-refractivity contribution in [3.63, 3.8) is 0 Å². The molecule has 3 aliphatic rings. The Balaban J connectivity index is 1.17. The van der Waals surface area contributed by atoms with E-state index in [0.29, 0.717) is 30.9 Å². The lowest BCUT2D eigenvalue weighted by Gasteiger charge is -2.31. The molecule has 2 aliphatic heterocycles. The van der Waals surface area contributed by atoms with Gasteiger partial charge in [0.1, 0.15) is 12.4 Å². The van der Waals surface area contributed by atoms with Gasteiger partial charge in [-0.05, 0) is 53.3 Å². The minimum atomic E-state index is -0.664.